The van der Waals surface area contributed by atoms with Crippen LogP contribution < -0.4 is 4.90 Å². The van der Waals surface area contributed by atoms with Crippen molar-refractivity contribution < 1.29 is 0 Å². The molecule has 0 saturated heterocycles. The molecule has 4 nitrogen and oxygen atoms in total. The SMILES string of the molecule is CN(c1ccccc1)c1ccnc2nc[nH]c12. The molecule has 0 spiro atoms. The lowest BCUT2D eigenvalue weighted by Crippen LogP contribution is -2.09. The van der Waals surface area contributed by atoms with Crippen LogP contribution in [0, 0.1) is 0 Å². The maximum absolute atomic E-state index is 4.21. The predicted molar refractivity (Wildman–Crippen MR) is 68.4 cm³/mol. The second kappa shape index (κ2) is 3.90. The van der Waals surface area contributed by atoms with Crippen LogP contribution in [-0.4, -0.2) is 22.0 Å². The molecule has 4 heteroatoms. The van der Waals surface area contributed by atoms with Crippen molar-refractivity contribution in [3.8, 4) is 0 Å². The van der Waals surface area contributed by atoms with Gasteiger partial charge in [0.1, 0.15) is 5.52 Å². The number of H-pyrrole nitrogens is 1. The minimum absolute atomic E-state index is 0.741. The zero-order chi connectivity index (χ0) is 11.7. The Morgan fingerprint density at radius 1 is 1.06 bits per heavy atom. The lowest BCUT2D eigenvalue weighted by Gasteiger charge is -2.19. The van der Waals surface area contributed by atoms with Crippen molar-refractivity contribution in [2.75, 3.05) is 11.9 Å². The largest absolute Gasteiger partial charge is 0.343 e. The number of anilines is 2. The number of nitrogens with one attached hydrogen (secondary N) is 1. The number of hydrogen-bond acceptors (Lipinski definition) is 3. The smallest absolute Gasteiger partial charge is 0.179 e. The second-order valence-corrected chi connectivity index (χ2v) is 3.83. The zero-order valence-corrected chi connectivity index (χ0v) is 9.46. The minimum Gasteiger partial charge on any atom is -0.343 e. The average molecular weight is 224 g/mol. The summed E-state index contributed by atoms with van der Waals surface area (Å²) in [4.78, 5) is 13.6. The topological polar surface area (TPSA) is 44.8 Å². The molecule has 0 fully saturated rings. The van der Waals surface area contributed by atoms with E-state index in [0.29, 0.717) is 0 Å². The Morgan fingerprint density at radius 3 is 2.71 bits per heavy atom. The first-order chi connectivity index (χ1) is 8.36. The molecule has 17 heavy (non-hydrogen) atoms. The number of benzene rings is 1. The van der Waals surface area contributed by atoms with E-state index in [1.165, 1.54) is 0 Å². The third kappa shape index (κ3) is 1.63. The number of para-hydroxylation sites is 1. The molecule has 0 atom stereocenters. The number of imidazole rings is 1. The number of nitrogens with zero attached hydrogens (tertiary/aromatic N) is 3. The van der Waals surface area contributed by atoms with Gasteiger partial charge in [0.05, 0.1) is 12.0 Å². The van der Waals surface area contributed by atoms with Gasteiger partial charge in [0, 0.05) is 18.9 Å². The summed E-state index contributed by atoms with van der Waals surface area (Å²) in [5.74, 6) is 0. The summed E-state index contributed by atoms with van der Waals surface area (Å²) in [6.07, 6.45) is 3.44. The first-order valence-electron chi connectivity index (χ1n) is 5.43. The van der Waals surface area contributed by atoms with Crippen LogP contribution in [0.5, 0.6) is 0 Å². The van der Waals surface area contributed by atoms with Gasteiger partial charge in [0.25, 0.3) is 0 Å². The van der Waals surface area contributed by atoms with E-state index < -0.39 is 0 Å². The van der Waals surface area contributed by atoms with E-state index in [1.807, 2.05) is 31.3 Å². The molecule has 0 unspecified atom stereocenters. The zero-order valence-electron chi connectivity index (χ0n) is 9.46. The average Bonchev–Trinajstić information content (AvgIpc) is 2.87. The summed E-state index contributed by atoms with van der Waals surface area (Å²) in [6.45, 7) is 0. The fourth-order valence-corrected chi connectivity index (χ4v) is 1.91. The van der Waals surface area contributed by atoms with Gasteiger partial charge >= 0.3 is 0 Å². The molecular formula is C13H12N4. The third-order valence-electron chi connectivity index (χ3n) is 2.81. The van der Waals surface area contributed by atoms with Crippen LogP contribution in [0.4, 0.5) is 11.4 Å². The highest BCUT2D eigenvalue weighted by atomic mass is 15.1. The van der Waals surface area contributed by atoms with Gasteiger partial charge < -0.3 is 9.88 Å². The number of aromatic amines is 1. The Hall–Kier alpha value is -2.36. The van der Waals surface area contributed by atoms with Crippen molar-refractivity contribution in [3.05, 3.63) is 48.9 Å². The molecule has 0 radical (unpaired) electrons. The van der Waals surface area contributed by atoms with Gasteiger partial charge in [-0.05, 0) is 18.2 Å². The van der Waals surface area contributed by atoms with Gasteiger partial charge in [-0.1, -0.05) is 18.2 Å². The van der Waals surface area contributed by atoms with E-state index in [1.54, 1.807) is 12.5 Å². The molecule has 3 rings (SSSR count). The molecule has 0 amide bonds. The molecule has 0 saturated carbocycles. The highest BCUT2D eigenvalue weighted by molar-refractivity contribution is 5.88. The highest BCUT2D eigenvalue weighted by Gasteiger charge is 2.09. The molecule has 0 aliphatic carbocycles. The van der Waals surface area contributed by atoms with E-state index >= 15 is 0 Å². The van der Waals surface area contributed by atoms with Crippen molar-refractivity contribution in [3.63, 3.8) is 0 Å². The second-order valence-electron chi connectivity index (χ2n) is 3.83. The predicted octanol–water partition coefficient (Wildman–Crippen LogP) is 2.73. The molecule has 0 aliphatic rings. The minimum atomic E-state index is 0.741. The molecule has 84 valence electrons. The third-order valence-corrected chi connectivity index (χ3v) is 2.81. The van der Waals surface area contributed by atoms with Gasteiger partial charge in [-0.3, -0.25) is 0 Å². The van der Waals surface area contributed by atoms with Crippen molar-refractivity contribution in [2.24, 2.45) is 0 Å². The summed E-state index contributed by atoms with van der Waals surface area (Å²) in [7, 11) is 2.03. The van der Waals surface area contributed by atoms with Crippen LogP contribution in [-0.2, 0) is 0 Å². The molecule has 1 aromatic carbocycles. The van der Waals surface area contributed by atoms with Gasteiger partial charge in [-0.2, -0.15) is 0 Å². The maximum Gasteiger partial charge on any atom is 0.179 e. The van der Waals surface area contributed by atoms with Crippen molar-refractivity contribution in [1.82, 2.24) is 15.0 Å². The normalized spacial score (nSPS) is 10.6. The maximum atomic E-state index is 4.21. The van der Waals surface area contributed by atoms with Crippen molar-refractivity contribution in [2.45, 2.75) is 0 Å². The van der Waals surface area contributed by atoms with Crippen LogP contribution >= 0.6 is 0 Å². The fraction of sp³-hybridized carbons (Fsp3) is 0.0769. The van der Waals surface area contributed by atoms with Gasteiger partial charge in [-0.15, -0.1) is 0 Å². The van der Waals surface area contributed by atoms with Crippen LogP contribution in [0.15, 0.2) is 48.9 Å². The van der Waals surface area contributed by atoms with E-state index in [9.17, 15) is 0 Å². The molecular weight excluding hydrogens is 212 g/mol. The van der Waals surface area contributed by atoms with Gasteiger partial charge in [-0.25, -0.2) is 9.97 Å². The Labute approximate surface area is 98.9 Å². The number of rotatable bonds is 2. The molecule has 2 aromatic heterocycles. The molecule has 0 bridgehead atoms. The molecule has 1 N–H and O–H groups in total. The van der Waals surface area contributed by atoms with Crippen molar-refractivity contribution in [1.29, 1.82) is 0 Å². The molecule has 2 heterocycles. The Kier molecular flexibility index (Phi) is 2.26. The monoisotopic (exact) mass is 224 g/mol. The van der Waals surface area contributed by atoms with E-state index in [2.05, 4.69) is 32.0 Å². The Balaban J connectivity index is 2.13. The van der Waals surface area contributed by atoms with Crippen LogP contribution in [0.3, 0.4) is 0 Å². The summed E-state index contributed by atoms with van der Waals surface area (Å²) >= 11 is 0. The van der Waals surface area contributed by atoms with Crippen LogP contribution in [0.25, 0.3) is 11.2 Å². The van der Waals surface area contributed by atoms with Gasteiger partial charge in [0.15, 0.2) is 5.65 Å². The van der Waals surface area contributed by atoms with Crippen LogP contribution in [0.2, 0.25) is 0 Å². The lowest BCUT2D eigenvalue weighted by atomic mass is 10.2. The Bertz CT molecular complexity index is 630. The van der Waals surface area contributed by atoms with E-state index in [4.69, 9.17) is 0 Å². The number of fused-ring (bicyclic) bond motifs is 1. The number of aromatic nitrogens is 3. The van der Waals surface area contributed by atoms with E-state index in [0.717, 1.165) is 22.5 Å². The summed E-state index contributed by atoms with van der Waals surface area (Å²) in [5.41, 5.74) is 3.90. The quantitative estimate of drug-likeness (QED) is 0.728. The lowest BCUT2D eigenvalue weighted by molar-refractivity contribution is 1.20. The van der Waals surface area contributed by atoms with Gasteiger partial charge in [0.2, 0.25) is 0 Å². The number of pyridine rings is 1. The van der Waals surface area contributed by atoms with Crippen molar-refractivity contribution >= 4 is 22.5 Å². The van der Waals surface area contributed by atoms with E-state index in [-0.39, 0.29) is 0 Å². The number of hydrogen-bond donors (Lipinski definition) is 1. The highest BCUT2D eigenvalue weighted by Crippen LogP contribution is 2.27. The summed E-state index contributed by atoms with van der Waals surface area (Å²) in [6, 6.07) is 12.2. The first kappa shape index (κ1) is 9.84. The first-order valence-corrected chi connectivity index (χ1v) is 5.43. The van der Waals surface area contributed by atoms with Crippen LogP contribution in [0.1, 0.15) is 0 Å². The fourth-order valence-electron chi connectivity index (χ4n) is 1.91. The summed E-state index contributed by atoms with van der Waals surface area (Å²) < 4.78 is 0. The molecule has 0 aliphatic heterocycles. The Morgan fingerprint density at radius 2 is 1.88 bits per heavy atom. The molecule has 3 aromatic rings. The standard InChI is InChI=1S/C13H12N4/c1-17(10-5-3-2-4-6-10)11-7-8-14-13-12(11)15-9-16-13/h2-9H,1H3,(H,14,15,16). The summed E-state index contributed by atoms with van der Waals surface area (Å²) in [5, 5.41) is 0.